The highest BCUT2D eigenvalue weighted by molar-refractivity contribution is 8.00. The summed E-state index contributed by atoms with van der Waals surface area (Å²) in [5.74, 6) is 1.08. The largest absolute Gasteiger partial charge is 0.444 e. The smallest absolute Gasteiger partial charge is 0.407 e. The van der Waals surface area contributed by atoms with Gasteiger partial charge < -0.3 is 19.9 Å². The topological polar surface area (TPSA) is 79.0 Å². The van der Waals surface area contributed by atoms with Crippen molar-refractivity contribution in [2.75, 3.05) is 31.3 Å². The van der Waals surface area contributed by atoms with Crippen LogP contribution < -0.4 is 5.32 Å². The van der Waals surface area contributed by atoms with Crippen LogP contribution in [0.3, 0.4) is 0 Å². The molecule has 0 aromatic heterocycles. The fraction of sp³-hybridized carbons (Fsp3) is 0.800. The maximum Gasteiger partial charge on any atom is 0.407 e. The molecule has 2 saturated heterocycles. The van der Waals surface area contributed by atoms with Crippen molar-refractivity contribution >= 4 is 29.7 Å². The Bertz CT molecular complexity index is 470. The highest BCUT2D eigenvalue weighted by Gasteiger charge is 2.29. The second kappa shape index (κ2) is 7.42. The minimum atomic E-state index is -0.513. The fourth-order valence-electron chi connectivity index (χ4n) is 2.55. The predicted octanol–water partition coefficient (Wildman–Crippen LogP) is 1.04. The van der Waals surface area contributed by atoms with E-state index in [1.54, 1.807) is 9.80 Å². The molecule has 0 saturated carbocycles. The quantitative estimate of drug-likeness (QED) is 0.828. The lowest BCUT2D eigenvalue weighted by molar-refractivity contribution is -0.138. The highest BCUT2D eigenvalue weighted by Crippen LogP contribution is 2.16. The van der Waals surface area contributed by atoms with Crippen molar-refractivity contribution in [1.29, 1.82) is 0 Å². The van der Waals surface area contributed by atoms with Crippen LogP contribution in [0.5, 0.6) is 0 Å². The second-order valence-corrected chi connectivity index (χ2v) is 7.83. The molecular weight excluding hydrogens is 318 g/mol. The third kappa shape index (κ3) is 5.60. The molecule has 2 aliphatic heterocycles. The summed E-state index contributed by atoms with van der Waals surface area (Å²) in [7, 11) is 0. The van der Waals surface area contributed by atoms with Crippen LogP contribution in [-0.2, 0) is 14.3 Å². The van der Waals surface area contributed by atoms with E-state index in [9.17, 15) is 14.4 Å². The van der Waals surface area contributed by atoms with Gasteiger partial charge in [-0.1, -0.05) is 0 Å². The van der Waals surface area contributed by atoms with Gasteiger partial charge in [-0.3, -0.25) is 9.59 Å². The summed E-state index contributed by atoms with van der Waals surface area (Å²) in [4.78, 5) is 38.9. The molecule has 2 heterocycles. The molecule has 8 heteroatoms. The highest BCUT2D eigenvalue weighted by atomic mass is 32.2. The summed E-state index contributed by atoms with van der Waals surface area (Å²) < 4.78 is 5.24. The number of rotatable bonds is 3. The minimum absolute atomic E-state index is 0.0171. The summed E-state index contributed by atoms with van der Waals surface area (Å²) >= 11 is 1.53. The maximum absolute atomic E-state index is 12.2. The molecule has 23 heavy (non-hydrogen) atoms. The third-order valence-corrected chi connectivity index (χ3v) is 4.67. The van der Waals surface area contributed by atoms with Crippen LogP contribution in [0.4, 0.5) is 4.79 Å². The Balaban J connectivity index is 1.72. The first-order valence-electron chi connectivity index (χ1n) is 7.87. The molecule has 0 aromatic carbocycles. The zero-order valence-corrected chi connectivity index (χ0v) is 14.8. The van der Waals surface area contributed by atoms with E-state index >= 15 is 0 Å². The zero-order chi connectivity index (χ0) is 17.0. The van der Waals surface area contributed by atoms with E-state index < -0.39 is 11.7 Å². The molecule has 0 radical (unpaired) electrons. The molecular formula is C15H25N3O4S. The molecule has 2 rings (SSSR count). The monoisotopic (exact) mass is 343 g/mol. The number of hydrogen-bond acceptors (Lipinski definition) is 5. The summed E-state index contributed by atoms with van der Waals surface area (Å²) in [5.41, 5.74) is -0.513. The molecule has 7 nitrogen and oxygen atoms in total. The van der Waals surface area contributed by atoms with Gasteiger partial charge in [-0.25, -0.2) is 4.79 Å². The first kappa shape index (κ1) is 17.9. The number of thioether (sulfide) groups is 1. The van der Waals surface area contributed by atoms with Crippen LogP contribution in [0.15, 0.2) is 0 Å². The van der Waals surface area contributed by atoms with Gasteiger partial charge in [0, 0.05) is 19.1 Å². The van der Waals surface area contributed by atoms with Crippen LogP contribution in [0, 0.1) is 0 Å². The number of hydrogen-bond donors (Lipinski definition) is 1. The molecule has 0 spiro atoms. The SMILES string of the molecule is CC(C)(C)OC(=O)NC1CCN(C(=O)CN2CSCC2=O)CC1. The molecule has 2 fully saturated rings. The van der Waals surface area contributed by atoms with Crippen LogP contribution in [-0.4, -0.2) is 70.6 Å². The van der Waals surface area contributed by atoms with Crippen LogP contribution >= 0.6 is 11.8 Å². The number of carbonyl (C=O) groups excluding carboxylic acids is 3. The van der Waals surface area contributed by atoms with Crippen LogP contribution in [0.1, 0.15) is 33.6 Å². The Morgan fingerprint density at radius 1 is 1.30 bits per heavy atom. The molecule has 0 atom stereocenters. The average molecular weight is 343 g/mol. The average Bonchev–Trinajstić information content (AvgIpc) is 2.83. The zero-order valence-electron chi connectivity index (χ0n) is 14.0. The van der Waals surface area contributed by atoms with E-state index in [1.807, 2.05) is 20.8 Å². The van der Waals surface area contributed by atoms with Crippen molar-refractivity contribution in [3.8, 4) is 0 Å². The van der Waals surface area contributed by atoms with E-state index in [4.69, 9.17) is 4.74 Å². The Morgan fingerprint density at radius 3 is 2.48 bits per heavy atom. The molecule has 1 N–H and O–H groups in total. The van der Waals surface area contributed by atoms with Gasteiger partial charge in [-0.15, -0.1) is 11.8 Å². The molecule has 3 amide bonds. The molecule has 0 unspecified atom stereocenters. The van der Waals surface area contributed by atoms with Gasteiger partial charge >= 0.3 is 6.09 Å². The summed E-state index contributed by atoms with van der Waals surface area (Å²) in [6, 6.07) is 0.0258. The standard InChI is InChI=1S/C15H25N3O4S/c1-15(2,3)22-14(21)16-11-4-6-17(7-5-11)12(19)8-18-10-23-9-13(18)20/h11H,4-10H2,1-3H3,(H,16,21). The van der Waals surface area contributed by atoms with Gasteiger partial charge in [0.05, 0.1) is 11.6 Å². The Labute approximate surface area is 141 Å². The number of amides is 3. The maximum atomic E-state index is 12.2. The number of piperidine rings is 1. The summed E-state index contributed by atoms with van der Waals surface area (Å²) in [6.07, 6.45) is 0.989. The Kier molecular flexibility index (Phi) is 5.78. The van der Waals surface area contributed by atoms with Gasteiger partial charge in [0.1, 0.15) is 12.1 Å². The molecule has 0 aliphatic carbocycles. The predicted molar refractivity (Wildman–Crippen MR) is 88.0 cm³/mol. The van der Waals surface area contributed by atoms with Crippen molar-refractivity contribution in [3.63, 3.8) is 0 Å². The van der Waals surface area contributed by atoms with Gasteiger partial charge in [0.2, 0.25) is 11.8 Å². The number of ether oxygens (including phenoxy) is 1. The lowest BCUT2D eigenvalue weighted by atomic mass is 10.1. The van der Waals surface area contributed by atoms with Crippen molar-refractivity contribution in [1.82, 2.24) is 15.1 Å². The van der Waals surface area contributed by atoms with E-state index in [0.717, 1.165) is 0 Å². The van der Waals surface area contributed by atoms with E-state index in [2.05, 4.69) is 5.32 Å². The van der Waals surface area contributed by atoms with Crippen LogP contribution in [0.25, 0.3) is 0 Å². The Morgan fingerprint density at radius 2 is 1.96 bits per heavy atom. The molecule has 0 aromatic rings. The third-order valence-electron chi connectivity index (χ3n) is 3.72. The van der Waals surface area contributed by atoms with Crippen LogP contribution in [0.2, 0.25) is 0 Å². The van der Waals surface area contributed by atoms with Crippen molar-refractivity contribution in [3.05, 3.63) is 0 Å². The minimum Gasteiger partial charge on any atom is -0.444 e. The van der Waals surface area contributed by atoms with Gasteiger partial charge in [-0.2, -0.15) is 0 Å². The van der Waals surface area contributed by atoms with Gasteiger partial charge in [-0.05, 0) is 33.6 Å². The lowest BCUT2D eigenvalue weighted by Crippen LogP contribution is -2.49. The first-order chi connectivity index (χ1) is 10.7. The number of carbonyl (C=O) groups is 3. The van der Waals surface area contributed by atoms with E-state index in [1.165, 1.54) is 11.8 Å². The molecule has 2 aliphatic rings. The van der Waals surface area contributed by atoms with E-state index in [-0.39, 0.29) is 24.4 Å². The summed E-state index contributed by atoms with van der Waals surface area (Å²) in [6.45, 7) is 6.82. The molecule has 130 valence electrons. The van der Waals surface area contributed by atoms with Crippen molar-refractivity contribution in [2.45, 2.75) is 45.3 Å². The Hall–Kier alpha value is -1.44. The van der Waals surface area contributed by atoms with Gasteiger partial charge in [0.15, 0.2) is 0 Å². The van der Waals surface area contributed by atoms with Crippen molar-refractivity contribution < 1.29 is 19.1 Å². The first-order valence-corrected chi connectivity index (χ1v) is 9.03. The normalized spacial score (nSPS) is 19.9. The lowest BCUT2D eigenvalue weighted by Gasteiger charge is -2.33. The van der Waals surface area contributed by atoms with E-state index in [0.29, 0.717) is 37.6 Å². The number of nitrogens with zero attached hydrogens (tertiary/aromatic N) is 2. The number of alkyl carbamates (subject to hydrolysis) is 1. The number of nitrogens with one attached hydrogen (secondary N) is 1. The number of likely N-dealkylation sites (tertiary alicyclic amines) is 1. The fourth-order valence-corrected chi connectivity index (χ4v) is 3.46. The van der Waals surface area contributed by atoms with Gasteiger partial charge in [0.25, 0.3) is 0 Å². The second-order valence-electron chi connectivity index (χ2n) is 6.87. The molecule has 0 bridgehead atoms. The summed E-state index contributed by atoms with van der Waals surface area (Å²) in [5, 5.41) is 2.85. The van der Waals surface area contributed by atoms with Crippen molar-refractivity contribution in [2.24, 2.45) is 0 Å².